The van der Waals surface area contributed by atoms with Gasteiger partial charge in [-0.3, -0.25) is 9.59 Å². The highest BCUT2D eigenvalue weighted by atomic mass is 35.5. The number of halogens is 2. The molecule has 0 bridgehead atoms. The Balaban J connectivity index is 1.54. The van der Waals surface area contributed by atoms with Gasteiger partial charge in [0, 0.05) is 22.9 Å². The van der Waals surface area contributed by atoms with Crippen LogP contribution in [0.5, 0.6) is 0 Å². The molecule has 2 aromatic carbocycles. The molecule has 152 valence electrons. The van der Waals surface area contributed by atoms with Crippen LogP contribution in [0.1, 0.15) is 43.2 Å². The van der Waals surface area contributed by atoms with Gasteiger partial charge in [-0.15, -0.1) is 0 Å². The summed E-state index contributed by atoms with van der Waals surface area (Å²) in [5.74, 6) is -0.335. The number of carbonyl (C=O) groups is 2. The molecule has 0 radical (unpaired) electrons. The molecule has 29 heavy (non-hydrogen) atoms. The number of carbonyl (C=O) groups excluding carboxylic acids is 2. The summed E-state index contributed by atoms with van der Waals surface area (Å²) in [6, 6.07) is 14.3. The van der Waals surface area contributed by atoms with E-state index >= 15 is 0 Å². The number of hydrazone groups is 2. The number of unbranched alkanes of at least 4 members (excludes halogenated alkanes) is 2. The van der Waals surface area contributed by atoms with Crippen LogP contribution in [0.25, 0.3) is 0 Å². The maximum absolute atomic E-state index is 11.7. The van der Waals surface area contributed by atoms with Crippen molar-refractivity contribution < 1.29 is 9.59 Å². The minimum Gasteiger partial charge on any atom is -0.273 e. The van der Waals surface area contributed by atoms with Crippen LogP contribution < -0.4 is 10.9 Å². The summed E-state index contributed by atoms with van der Waals surface area (Å²) in [6.07, 6.45) is 5.89. The van der Waals surface area contributed by atoms with E-state index in [1.165, 1.54) is 12.4 Å². The van der Waals surface area contributed by atoms with E-state index in [1.54, 1.807) is 24.3 Å². The Morgan fingerprint density at radius 1 is 0.759 bits per heavy atom. The highest BCUT2D eigenvalue weighted by Gasteiger charge is 2.02. The van der Waals surface area contributed by atoms with Gasteiger partial charge in [-0.2, -0.15) is 10.2 Å². The number of nitrogens with zero attached hydrogens (tertiary/aromatic N) is 2. The Hall–Kier alpha value is -2.70. The van der Waals surface area contributed by atoms with E-state index in [9.17, 15) is 9.59 Å². The highest BCUT2D eigenvalue weighted by molar-refractivity contribution is 6.31. The van der Waals surface area contributed by atoms with Gasteiger partial charge in [0.15, 0.2) is 0 Å². The SMILES string of the molecule is O=C(CCCCCC(=O)N/N=C/c1cccc(Cl)c1)N/N=C/c1cccc(Cl)c1. The second-order valence-corrected chi connectivity index (χ2v) is 7.13. The molecule has 0 saturated heterocycles. The van der Waals surface area contributed by atoms with Crippen molar-refractivity contribution in [2.45, 2.75) is 32.1 Å². The monoisotopic (exact) mass is 432 g/mol. The molecule has 0 aliphatic rings. The van der Waals surface area contributed by atoms with E-state index in [2.05, 4.69) is 21.1 Å². The fourth-order valence-electron chi connectivity index (χ4n) is 2.39. The molecule has 2 rings (SSSR count). The number of nitrogens with one attached hydrogen (secondary N) is 2. The van der Waals surface area contributed by atoms with E-state index < -0.39 is 0 Å². The number of hydrogen-bond acceptors (Lipinski definition) is 4. The average Bonchev–Trinajstić information content (AvgIpc) is 2.68. The van der Waals surface area contributed by atoms with Gasteiger partial charge in [-0.25, -0.2) is 10.9 Å². The van der Waals surface area contributed by atoms with Crippen molar-refractivity contribution in [1.82, 2.24) is 10.9 Å². The summed E-state index contributed by atoms with van der Waals surface area (Å²) < 4.78 is 0. The van der Waals surface area contributed by atoms with Gasteiger partial charge in [-0.05, 0) is 48.2 Å². The van der Waals surface area contributed by atoms with Crippen molar-refractivity contribution in [2.24, 2.45) is 10.2 Å². The average molecular weight is 433 g/mol. The summed E-state index contributed by atoms with van der Waals surface area (Å²) >= 11 is 11.8. The third-order valence-corrected chi connectivity index (χ3v) is 4.28. The molecule has 0 atom stereocenters. The largest absolute Gasteiger partial charge is 0.273 e. The second-order valence-electron chi connectivity index (χ2n) is 6.26. The van der Waals surface area contributed by atoms with Crippen molar-refractivity contribution in [3.8, 4) is 0 Å². The van der Waals surface area contributed by atoms with Crippen molar-refractivity contribution in [3.63, 3.8) is 0 Å². The zero-order chi connectivity index (χ0) is 20.9. The third-order valence-electron chi connectivity index (χ3n) is 3.81. The lowest BCUT2D eigenvalue weighted by molar-refractivity contribution is -0.121. The zero-order valence-electron chi connectivity index (χ0n) is 15.8. The van der Waals surface area contributed by atoms with Crippen molar-refractivity contribution in [3.05, 3.63) is 69.7 Å². The van der Waals surface area contributed by atoms with Crippen LogP contribution in [-0.4, -0.2) is 24.2 Å². The maximum atomic E-state index is 11.7. The normalized spacial score (nSPS) is 11.1. The van der Waals surface area contributed by atoms with E-state index in [-0.39, 0.29) is 11.8 Å². The molecular formula is C21H22Cl2N4O2. The Kier molecular flexibility index (Phi) is 9.89. The highest BCUT2D eigenvalue weighted by Crippen LogP contribution is 2.09. The first-order chi connectivity index (χ1) is 14.0. The van der Waals surface area contributed by atoms with Gasteiger partial charge in [0.25, 0.3) is 0 Å². The standard InChI is InChI=1S/C21H22Cl2N4O2/c22-18-8-4-6-16(12-18)14-24-26-20(28)10-2-1-3-11-21(29)27-25-15-17-7-5-9-19(23)13-17/h4-9,12-15H,1-3,10-11H2,(H,26,28)(H,27,29)/b24-14+,25-15+. The smallest absolute Gasteiger partial charge is 0.240 e. The molecule has 8 heteroatoms. The molecule has 2 N–H and O–H groups in total. The Labute approximate surface area is 180 Å². The lowest BCUT2D eigenvalue weighted by Crippen LogP contribution is -2.18. The fraction of sp³-hybridized carbons (Fsp3) is 0.238. The summed E-state index contributed by atoms with van der Waals surface area (Å²) in [6.45, 7) is 0. The van der Waals surface area contributed by atoms with Crippen LogP contribution in [-0.2, 0) is 9.59 Å². The number of rotatable bonds is 10. The molecule has 0 unspecified atom stereocenters. The number of hydrogen-bond donors (Lipinski definition) is 2. The predicted octanol–water partition coefficient (Wildman–Crippen LogP) is 4.54. The summed E-state index contributed by atoms with van der Waals surface area (Å²) in [5, 5.41) is 9.03. The van der Waals surface area contributed by atoms with Crippen LogP contribution in [0.3, 0.4) is 0 Å². The molecule has 0 saturated carbocycles. The second kappa shape index (κ2) is 12.7. The molecule has 0 aromatic heterocycles. The van der Waals surface area contributed by atoms with Gasteiger partial charge in [0.05, 0.1) is 12.4 Å². The molecule has 2 aromatic rings. The zero-order valence-corrected chi connectivity index (χ0v) is 17.3. The first kappa shape index (κ1) is 22.6. The molecule has 0 heterocycles. The number of benzene rings is 2. The van der Waals surface area contributed by atoms with Crippen LogP contribution in [0.2, 0.25) is 10.0 Å². The minimum atomic E-state index is -0.168. The summed E-state index contributed by atoms with van der Waals surface area (Å²) in [5.41, 5.74) is 6.57. The first-order valence-electron chi connectivity index (χ1n) is 9.18. The molecule has 6 nitrogen and oxygen atoms in total. The quantitative estimate of drug-likeness (QED) is 0.328. The van der Waals surface area contributed by atoms with E-state index in [0.717, 1.165) is 17.5 Å². The fourth-order valence-corrected chi connectivity index (χ4v) is 2.79. The van der Waals surface area contributed by atoms with Crippen LogP contribution in [0.4, 0.5) is 0 Å². The maximum Gasteiger partial charge on any atom is 0.240 e. The summed E-state index contributed by atoms with van der Waals surface area (Å²) in [4.78, 5) is 23.5. The van der Waals surface area contributed by atoms with Gasteiger partial charge in [-0.1, -0.05) is 53.9 Å². The van der Waals surface area contributed by atoms with Gasteiger partial charge in [0.1, 0.15) is 0 Å². The van der Waals surface area contributed by atoms with Crippen LogP contribution in [0, 0.1) is 0 Å². The summed E-state index contributed by atoms with van der Waals surface area (Å²) in [7, 11) is 0. The lowest BCUT2D eigenvalue weighted by atomic mass is 10.1. The molecule has 2 amide bonds. The topological polar surface area (TPSA) is 82.9 Å². The van der Waals surface area contributed by atoms with Crippen molar-refractivity contribution in [2.75, 3.05) is 0 Å². The van der Waals surface area contributed by atoms with E-state index in [0.29, 0.717) is 35.7 Å². The minimum absolute atomic E-state index is 0.168. The van der Waals surface area contributed by atoms with Gasteiger partial charge >= 0.3 is 0 Å². The Bertz CT molecular complexity index is 813. The van der Waals surface area contributed by atoms with Gasteiger partial charge < -0.3 is 0 Å². The molecule has 0 aliphatic carbocycles. The van der Waals surface area contributed by atoms with Crippen molar-refractivity contribution >= 4 is 47.4 Å². The molecule has 0 aliphatic heterocycles. The molecular weight excluding hydrogens is 411 g/mol. The lowest BCUT2D eigenvalue weighted by Gasteiger charge is -2.01. The molecule has 0 spiro atoms. The van der Waals surface area contributed by atoms with Crippen LogP contribution >= 0.6 is 23.2 Å². The Morgan fingerprint density at radius 2 is 1.21 bits per heavy atom. The van der Waals surface area contributed by atoms with E-state index in [1.807, 2.05) is 24.3 Å². The first-order valence-corrected chi connectivity index (χ1v) is 9.93. The Morgan fingerprint density at radius 3 is 1.62 bits per heavy atom. The number of amides is 2. The molecule has 0 fully saturated rings. The van der Waals surface area contributed by atoms with Crippen molar-refractivity contribution in [1.29, 1.82) is 0 Å². The van der Waals surface area contributed by atoms with Crippen LogP contribution in [0.15, 0.2) is 58.7 Å². The predicted molar refractivity (Wildman–Crippen MR) is 117 cm³/mol. The third kappa shape index (κ3) is 9.87. The van der Waals surface area contributed by atoms with Gasteiger partial charge in [0.2, 0.25) is 11.8 Å². The van der Waals surface area contributed by atoms with E-state index in [4.69, 9.17) is 23.2 Å².